The molecule has 0 N–H and O–H groups in total. The first kappa shape index (κ1) is 19.9. The van der Waals surface area contributed by atoms with Crippen molar-refractivity contribution in [3.63, 3.8) is 0 Å². The van der Waals surface area contributed by atoms with Gasteiger partial charge in [-0.15, -0.1) is 0 Å². The number of piperidine rings is 1. The van der Waals surface area contributed by atoms with Crippen LogP contribution in [0.2, 0.25) is 0 Å². The molecular formula is C22H30N4O3. The van der Waals surface area contributed by atoms with Gasteiger partial charge in [-0.3, -0.25) is 9.69 Å². The Morgan fingerprint density at radius 3 is 2.55 bits per heavy atom. The minimum atomic E-state index is -0.245. The number of benzene rings is 1. The second kappa shape index (κ2) is 8.55. The van der Waals surface area contributed by atoms with Gasteiger partial charge in [-0.05, 0) is 50.7 Å². The van der Waals surface area contributed by atoms with Gasteiger partial charge in [0.25, 0.3) is 0 Å². The Morgan fingerprint density at radius 1 is 1.17 bits per heavy atom. The zero-order valence-corrected chi connectivity index (χ0v) is 17.5. The van der Waals surface area contributed by atoms with E-state index in [1.807, 2.05) is 18.5 Å². The quantitative estimate of drug-likeness (QED) is 0.718. The van der Waals surface area contributed by atoms with Gasteiger partial charge in [-0.1, -0.05) is 12.1 Å². The molecule has 1 fully saturated rings. The van der Waals surface area contributed by atoms with E-state index in [1.54, 1.807) is 7.11 Å². The Balaban J connectivity index is 1.57. The average molecular weight is 399 g/mol. The number of carbonyl (C=O) groups is 1. The Labute approximate surface area is 172 Å². The van der Waals surface area contributed by atoms with E-state index < -0.39 is 0 Å². The third-order valence-corrected chi connectivity index (χ3v) is 6.29. The van der Waals surface area contributed by atoms with Crippen molar-refractivity contribution in [2.24, 2.45) is 0 Å². The second-order valence-corrected chi connectivity index (χ2v) is 8.06. The fraction of sp³-hybridized carbons (Fsp3) is 0.545. The summed E-state index contributed by atoms with van der Waals surface area (Å²) in [6.07, 6.45) is 4.67. The Morgan fingerprint density at radius 2 is 1.90 bits per heavy atom. The van der Waals surface area contributed by atoms with Crippen molar-refractivity contribution in [1.29, 1.82) is 0 Å². The first-order chi connectivity index (χ1) is 14.1. The lowest BCUT2D eigenvalue weighted by Gasteiger charge is -2.42. The lowest BCUT2D eigenvalue weighted by Crippen LogP contribution is -2.54. The molecule has 0 amide bonds. The van der Waals surface area contributed by atoms with E-state index in [4.69, 9.17) is 9.47 Å². The van der Waals surface area contributed by atoms with Crippen molar-refractivity contribution >= 4 is 5.97 Å². The molecule has 4 rings (SSSR count). The number of hydrogen-bond acceptors (Lipinski definition) is 6. The number of rotatable bonds is 5. The van der Waals surface area contributed by atoms with Gasteiger partial charge in [0.05, 0.1) is 31.9 Å². The molecule has 1 saturated heterocycles. The van der Waals surface area contributed by atoms with Crippen molar-refractivity contribution in [2.75, 3.05) is 34.4 Å². The predicted molar refractivity (Wildman–Crippen MR) is 110 cm³/mol. The highest BCUT2D eigenvalue weighted by molar-refractivity contribution is 5.76. The number of likely N-dealkylation sites (tertiary alicyclic amines) is 1. The van der Waals surface area contributed by atoms with Crippen LogP contribution in [0.5, 0.6) is 5.75 Å². The number of aromatic nitrogens is 2. The van der Waals surface area contributed by atoms with Gasteiger partial charge >= 0.3 is 5.97 Å². The molecule has 2 aromatic rings. The van der Waals surface area contributed by atoms with Crippen LogP contribution in [0.1, 0.15) is 29.8 Å². The summed E-state index contributed by atoms with van der Waals surface area (Å²) in [5, 5.41) is 0. The van der Waals surface area contributed by atoms with Crippen LogP contribution < -0.4 is 4.74 Å². The topological polar surface area (TPSA) is 59.8 Å². The summed E-state index contributed by atoms with van der Waals surface area (Å²) >= 11 is 0. The average Bonchev–Trinajstić information content (AvgIpc) is 3.15. The highest BCUT2D eigenvalue weighted by Gasteiger charge is 2.39. The van der Waals surface area contributed by atoms with Gasteiger partial charge in [-0.25, -0.2) is 4.98 Å². The van der Waals surface area contributed by atoms with E-state index >= 15 is 0 Å². The van der Waals surface area contributed by atoms with Crippen LogP contribution in [-0.2, 0) is 29.0 Å². The van der Waals surface area contributed by atoms with Crippen LogP contribution in [0.15, 0.2) is 30.6 Å². The molecule has 3 heterocycles. The molecule has 0 aliphatic carbocycles. The molecular weight excluding hydrogens is 368 g/mol. The SMILES string of the molecule is COC(=O)C1Cc2ncn(Cc3ccc(OC)cc3)c2CN1C1CCN(C)CC1. The van der Waals surface area contributed by atoms with Crippen LogP contribution in [0, 0.1) is 0 Å². The largest absolute Gasteiger partial charge is 0.497 e. The minimum Gasteiger partial charge on any atom is -0.497 e. The van der Waals surface area contributed by atoms with Gasteiger partial charge in [0.15, 0.2) is 0 Å². The highest BCUT2D eigenvalue weighted by Crippen LogP contribution is 2.29. The van der Waals surface area contributed by atoms with Gasteiger partial charge in [0, 0.05) is 25.6 Å². The molecule has 2 aliphatic rings. The van der Waals surface area contributed by atoms with E-state index in [0.717, 1.165) is 50.5 Å². The van der Waals surface area contributed by atoms with E-state index in [1.165, 1.54) is 18.4 Å². The number of hydrogen-bond donors (Lipinski definition) is 0. The van der Waals surface area contributed by atoms with Gasteiger partial charge in [0.1, 0.15) is 11.8 Å². The highest BCUT2D eigenvalue weighted by atomic mass is 16.5. The number of carbonyl (C=O) groups excluding carboxylic acids is 1. The summed E-state index contributed by atoms with van der Waals surface area (Å²) in [4.78, 5) is 21.9. The van der Waals surface area contributed by atoms with Crippen LogP contribution in [0.25, 0.3) is 0 Å². The van der Waals surface area contributed by atoms with Crippen molar-refractivity contribution in [1.82, 2.24) is 19.4 Å². The molecule has 0 saturated carbocycles. The maximum atomic E-state index is 12.5. The van der Waals surface area contributed by atoms with Crippen LogP contribution >= 0.6 is 0 Å². The summed E-state index contributed by atoms with van der Waals surface area (Å²) in [6.45, 7) is 3.62. The summed E-state index contributed by atoms with van der Waals surface area (Å²) < 4.78 is 12.6. The monoisotopic (exact) mass is 398 g/mol. The van der Waals surface area contributed by atoms with Crippen LogP contribution in [-0.4, -0.2) is 71.8 Å². The zero-order valence-electron chi connectivity index (χ0n) is 17.5. The molecule has 0 radical (unpaired) electrons. The first-order valence-electron chi connectivity index (χ1n) is 10.3. The van der Waals surface area contributed by atoms with E-state index in [0.29, 0.717) is 12.5 Å². The number of imidazole rings is 1. The van der Waals surface area contributed by atoms with Crippen molar-refractivity contribution < 1.29 is 14.3 Å². The number of ether oxygens (including phenoxy) is 2. The molecule has 2 aliphatic heterocycles. The Bertz CT molecular complexity index is 840. The summed E-state index contributed by atoms with van der Waals surface area (Å²) in [5.74, 6) is 0.704. The fourth-order valence-corrected chi connectivity index (χ4v) is 4.51. The molecule has 0 spiro atoms. The third kappa shape index (κ3) is 4.16. The van der Waals surface area contributed by atoms with Crippen LogP contribution in [0.4, 0.5) is 0 Å². The molecule has 1 aromatic carbocycles. The van der Waals surface area contributed by atoms with Crippen molar-refractivity contribution in [2.45, 2.75) is 44.4 Å². The smallest absolute Gasteiger partial charge is 0.323 e. The van der Waals surface area contributed by atoms with E-state index in [-0.39, 0.29) is 12.0 Å². The number of nitrogens with zero attached hydrogens (tertiary/aromatic N) is 4. The predicted octanol–water partition coefficient (Wildman–Crippen LogP) is 1.93. The Hall–Kier alpha value is -2.38. The lowest BCUT2D eigenvalue weighted by atomic mass is 9.95. The summed E-state index contributed by atoms with van der Waals surface area (Å²) in [5.41, 5.74) is 3.42. The number of esters is 1. The second-order valence-electron chi connectivity index (χ2n) is 8.06. The summed E-state index contributed by atoms with van der Waals surface area (Å²) in [6, 6.07) is 8.28. The first-order valence-corrected chi connectivity index (χ1v) is 10.3. The minimum absolute atomic E-state index is 0.153. The molecule has 1 unspecified atom stereocenters. The van der Waals surface area contributed by atoms with Gasteiger partial charge in [-0.2, -0.15) is 0 Å². The van der Waals surface area contributed by atoms with Gasteiger partial charge in [0.2, 0.25) is 0 Å². The summed E-state index contributed by atoms with van der Waals surface area (Å²) in [7, 11) is 5.32. The fourth-order valence-electron chi connectivity index (χ4n) is 4.51. The number of methoxy groups -OCH3 is 2. The molecule has 7 nitrogen and oxygen atoms in total. The molecule has 29 heavy (non-hydrogen) atoms. The van der Waals surface area contributed by atoms with Crippen molar-refractivity contribution in [3.05, 3.63) is 47.5 Å². The van der Waals surface area contributed by atoms with Crippen molar-refractivity contribution in [3.8, 4) is 5.75 Å². The van der Waals surface area contributed by atoms with Gasteiger partial charge < -0.3 is 18.9 Å². The molecule has 7 heteroatoms. The zero-order chi connectivity index (χ0) is 20.4. The third-order valence-electron chi connectivity index (χ3n) is 6.29. The maximum absolute atomic E-state index is 12.5. The standard InChI is InChI=1S/C22H30N4O3/c1-24-10-8-17(9-11-24)26-14-21-19(12-20(26)22(27)29-3)23-15-25(21)13-16-4-6-18(28-2)7-5-16/h4-7,15,17,20H,8-14H2,1-3H3. The van der Waals surface area contributed by atoms with E-state index in [2.05, 4.69) is 38.5 Å². The lowest BCUT2D eigenvalue weighted by molar-refractivity contribution is -0.149. The molecule has 0 bridgehead atoms. The molecule has 156 valence electrons. The molecule has 1 aromatic heterocycles. The van der Waals surface area contributed by atoms with Crippen LogP contribution in [0.3, 0.4) is 0 Å². The maximum Gasteiger partial charge on any atom is 0.323 e. The van der Waals surface area contributed by atoms with E-state index in [9.17, 15) is 4.79 Å². The molecule has 1 atom stereocenters. The number of fused-ring (bicyclic) bond motifs is 1. The Kier molecular flexibility index (Phi) is 5.87. The normalized spacial score (nSPS) is 21.0.